The lowest BCUT2D eigenvalue weighted by molar-refractivity contribution is -0.0349. The van der Waals surface area contributed by atoms with Gasteiger partial charge in [0, 0.05) is 26.2 Å². The van der Waals surface area contributed by atoms with E-state index >= 15 is 0 Å². The molecule has 1 saturated heterocycles. The zero-order chi connectivity index (χ0) is 20.2. The van der Waals surface area contributed by atoms with E-state index in [-0.39, 0.29) is 15.7 Å². The maximum atomic E-state index is 12.6. The molecule has 0 bridgehead atoms. The van der Waals surface area contributed by atoms with Crippen molar-refractivity contribution >= 4 is 44.6 Å². The average molecular weight is 435 g/mol. The van der Waals surface area contributed by atoms with Crippen molar-refractivity contribution in [3.63, 3.8) is 0 Å². The number of aliphatic imine (C=N–C) groups is 1. The van der Waals surface area contributed by atoms with E-state index in [9.17, 15) is 18.3 Å². The second kappa shape index (κ2) is 8.68. The lowest BCUT2D eigenvalue weighted by atomic mass is 10.0. The Bertz CT molecular complexity index is 847. The van der Waals surface area contributed by atoms with Crippen LogP contribution < -0.4 is 10.0 Å². The van der Waals surface area contributed by atoms with Crippen LogP contribution in [0, 0.1) is 0 Å². The lowest BCUT2D eigenvalue weighted by Gasteiger charge is -2.31. The van der Waals surface area contributed by atoms with Gasteiger partial charge in [-0.2, -0.15) is 0 Å². The predicted octanol–water partition coefficient (Wildman–Crippen LogP) is 1.94. The van der Waals surface area contributed by atoms with Crippen LogP contribution in [0.1, 0.15) is 25.3 Å². The Hall–Kier alpha value is -1.49. The SMILES string of the molecule is CCCCNC(=O)NS(=O)(=O)c1cc(C2(O)CSC(=NC)N2C)ccc1Cl. The van der Waals surface area contributed by atoms with E-state index in [1.54, 1.807) is 25.1 Å². The first-order valence-corrected chi connectivity index (χ1v) is 11.2. The minimum atomic E-state index is -4.20. The second-order valence-electron chi connectivity index (χ2n) is 6.03. The molecule has 1 aromatic rings. The van der Waals surface area contributed by atoms with Gasteiger partial charge in [-0.05, 0) is 18.6 Å². The van der Waals surface area contributed by atoms with Crippen LogP contribution in [0.5, 0.6) is 0 Å². The second-order valence-corrected chi connectivity index (χ2v) is 9.03. The molecule has 3 N–H and O–H groups in total. The van der Waals surface area contributed by atoms with Crippen LogP contribution in [-0.2, 0) is 15.7 Å². The molecule has 1 atom stereocenters. The normalized spacial score (nSPS) is 21.5. The average Bonchev–Trinajstić information content (AvgIpc) is 2.90. The van der Waals surface area contributed by atoms with Crippen LogP contribution in [0.4, 0.5) is 4.79 Å². The highest BCUT2D eigenvalue weighted by molar-refractivity contribution is 8.14. The van der Waals surface area contributed by atoms with Gasteiger partial charge in [0.15, 0.2) is 10.9 Å². The third kappa shape index (κ3) is 4.68. The molecule has 1 unspecified atom stereocenters. The number of halogens is 1. The van der Waals surface area contributed by atoms with E-state index < -0.39 is 21.8 Å². The van der Waals surface area contributed by atoms with Crippen LogP contribution in [0.3, 0.4) is 0 Å². The first kappa shape index (κ1) is 21.8. The first-order chi connectivity index (χ1) is 12.7. The van der Waals surface area contributed by atoms with Gasteiger partial charge in [-0.25, -0.2) is 17.9 Å². The van der Waals surface area contributed by atoms with E-state index in [2.05, 4.69) is 10.3 Å². The summed E-state index contributed by atoms with van der Waals surface area (Å²) in [6.07, 6.45) is 1.61. The molecule has 27 heavy (non-hydrogen) atoms. The first-order valence-electron chi connectivity index (χ1n) is 8.32. The summed E-state index contributed by atoms with van der Waals surface area (Å²) < 4.78 is 27.1. The molecule has 1 heterocycles. The quantitative estimate of drug-likeness (QED) is 0.590. The number of hydrogen-bond donors (Lipinski definition) is 3. The summed E-state index contributed by atoms with van der Waals surface area (Å²) >= 11 is 7.42. The highest BCUT2D eigenvalue weighted by Gasteiger charge is 2.43. The molecule has 0 aliphatic carbocycles. The molecular formula is C16H23ClN4O4S2. The van der Waals surface area contributed by atoms with Crippen molar-refractivity contribution < 1.29 is 18.3 Å². The number of carbonyl (C=O) groups is 1. The number of urea groups is 1. The molecular weight excluding hydrogens is 412 g/mol. The van der Waals surface area contributed by atoms with Crippen LogP contribution >= 0.6 is 23.4 Å². The number of nitrogens with zero attached hydrogens (tertiary/aromatic N) is 2. The van der Waals surface area contributed by atoms with Crippen molar-refractivity contribution in [2.75, 3.05) is 26.4 Å². The molecule has 150 valence electrons. The number of hydrogen-bond acceptors (Lipinski definition) is 6. The van der Waals surface area contributed by atoms with Crippen molar-refractivity contribution in [2.45, 2.75) is 30.4 Å². The summed E-state index contributed by atoms with van der Waals surface area (Å²) in [6, 6.07) is 3.40. The van der Waals surface area contributed by atoms with E-state index in [1.165, 1.54) is 23.9 Å². The highest BCUT2D eigenvalue weighted by Crippen LogP contribution is 2.39. The molecule has 2 rings (SSSR count). The summed E-state index contributed by atoms with van der Waals surface area (Å²) in [5.41, 5.74) is -1.09. The molecule has 2 amide bonds. The molecule has 0 radical (unpaired) electrons. The molecule has 1 fully saturated rings. The Morgan fingerprint density at radius 1 is 1.48 bits per heavy atom. The van der Waals surface area contributed by atoms with E-state index in [0.29, 0.717) is 17.3 Å². The monoisotopic (exact) mass is 434 g/mol. The Morgan fingerprint density at radius 3 is 2.78 bits per heavy atom. The Morgan fingerprint density at radius 2 is 2.19 bits per heavy atom. The van der Waals surface area contributed by atoms with Crippen molar-refractivity contribution in [1.29, 1.82) is 0 Å². The van der Waals surface area contributed by atoms with Gasteiger partial charge in [0.2, 0.25) is 0 Å². The van der Waals surface area contributed by atoms with Crippen LogP contribution in [-0.4, -0.2) is 56.0 Å². The fraction of sp³-hybridized carbons (Fsp3) is 0.500. The van der Waals surface area contributed by atoms with Gasteiger partial charge in [-0.3, -0.25) is 4.99 Å². The van der Waals surface area contributed by atoms with Crippen molar-refractivity contribution in [1.82, 2.24) is 14.9 Å². The van der Waals surface area contributed by atoms with Gasteiger partial charge in [-0.15, -0.1) is 0 Å². The summed E-state index contributed by atoms with van der Waals surface area (Å²) in [6.45, 7) is 2.33. The van der Waals surface area contributed by atoms with Gasteiger partial charge in [-0.1, -0.05) is 42.8 Å². The van der Waals surface area contributed by atoms with Gasteiger partial charge in [0.1, 0.15) is 4.90 Å². The van der Waals surface area contributed by atoms with Crippen LogP contribution in [0.25, 0.3) is 0 Å². The number of carbonyl (C=O) groups excluding carboxylic acids is 1. The van der Waals surface area contributed by atoms with E-state index in [1.807, 2.05) is 11.6 Å². The summed E-state index contributed by atoms with van der Waals surface area (Å²) in [4.78, 5) is 17.2. The molecule has 0 spiro atoms. The number of unbranched alkanes of at least 4 members (excludes halogenated alkanes) is 1. The number of nitrogens with one attached hydrogen (secondary N) is 2. The zero-order valence-corrected chi connectivity index (χ0v) is 17.7. The fourth-order valence-electron chi connectivity index (χ4n) is 2.56. The lowest BCUT2D eigenvalue weighted by Crippen LogP contribution is -2.43. The van der Waals surface area contributed by atoms with Crippen molar-refractivity contribution in [3.05, 3.63) is 28.8 Å². The number of amides is 2. The predicted molar refractivity (Wildman–Crippen MR) is 108 cm³/mol. The van der Waals surface area contributed by atoms with Gasteiger partial charge >= 0.3 is 6.03 Å². The number of sulfonamides is 1. The van der Waals surface area contributed by atoms with Crippen LogP contribution in [0.15, 0.2) is 28.1 Å². The molecule has 1 aliphatic heterocycles. The number of thioether (sulfide) groups is 1. The Balaban J connectivity index is 2.31. The molecule has 0 aromatic heterocycles. The van der Waals surface area contributed by atoms with Crippen molar-refractivity contribution in [2.24, 2.45) is 4.99 Å². The number of benzene rings is 1. The van der Waals surface area contributed by atoms with Gasteiger partial charge in [0.05, 0.1) is 10.8 Å². The molecule has 11 heteroatoms. The minimum Gasteiger partial charge on any atom is -0.366 e. The number of aliphatic hydroxyl groups is 1. The summed E-state index contributed by atoms with van der Waals surface area (Å²) in [7, 11) is -0.918. The van der Waals surface area contributed by atoms with Crippen LogP contribution in [0.2, 0.25) is 5.02 Å². The third-order valence-electron chi connectivity index (χ3n) is 4.16. The maximum absolute atomic E-state index is 12.6. The maximum Gasteiger partial charge on any atom is 0.328 e. The fourth-order valence-corrected chi connectivity index (χ4v) is 5.18. The smallest absolute Gasteiger partial charge is 0.328 e. The van der Waals surface area contributed by atoms with Gasteiger partial charge in [0.25, 0.3) is 10.0 Å². The minimum absolute atomic E-state index is 0.0473. The van der Waals surface area contributed by atoms with E-state index in [4.69, 9.17) is 11.6 Å². The van der Waals surface area contributed by atoms with E-state index in [0.717, 1.165) is 12.8 Å². The largest absolute Gasteiger partial charge is 0.366 e. The Labute approximate surface area is 168 Å². The van der Waals surface area contributed by atoms with Crippen molar-refractivity contribution in [3.8, 4) is 0 Å². The molecule has 0 saturated carbocycles. The third-order valence-corrected chi connectivity index (χ3v) is 7.24. The topological polar surface area (TPSA) is 111 Å². The number of amidine groups is 1. The standard InChI is InChI=1S/C16H23ClN4O4S2/c1-4-5-8-19-14(22)20-27(24,25)13-9-11(6-7-12(13)17)16(23)10-26-15(18-2)21(16)3/h6-7,9,23H,4-5,8,10H2,1-3H3,(H2,19,20,22). The zero-order valence-electron chi connectivity index (χ0n) is 15.3. The summed E-state index contributed by atoms with van der Waals surface area (Å²) in [5, 5.41) is 14.1. The Kier molecular flexibility index (Phi) is 7.01. The number of rotatable bonds is 6. The molecule has 1 aliphatic rings. The molecule has 1 aromatic carbocycles. The molecule has 8 nitrogen and oxygen atoms in total. The van der Waals surface area contributed by atoms with Gasteiger partial charge < -0.3 is 15.3 Å². The highest BCUT2D eigenvalue weighted by atomic mass is 35.5. The summed E-state index contributed by atoms with van der Waals surface area (Å²) in [5.74, 6) is 0.280.